The summed E-state index contributed by atoms with van der Waals surface area (Å²) in [5.41, 5.74) is -0.432. The zero-order valence-electron chi connectivity index (χ0n) is 30.9. The monoisotopic (exact) mass is 773 g/mol. The molecule has 0 amide bonds. The Morgan fingerprint density at radius 3 is 2.60 bits per heavy atom. The summed E-state index contributed by atoms with van der Waals surface area (Å²) in [7, 11) is -1.50. The van der Waals surface area contributed by atoms with Crippen molar-refractivity contribution in [1.29, 1.82) is 0 Å². The molecule has 5 fully saturated rings. The quantitative estimate of drug-likeness (QED) is 0.226. The van der Waals surface area contributed by atoms with Crippen molar-refractivity contribution < 1.29 is 36.5 Å². The Balaban J connectivity index is 1.12. The highest BCUT2D eigenvalue weighted by molar-refractivity contribution is 7.91. The third-order valence-electron chi connectivity index (χ3n) is 12.9. The van der Waals surface area contributed by atoms with Gasteiger partial charge in [-0.15, -0.1) is 6.42 Å². The Kier molecular flexibility index (Phi) is 9.25. The maximum Gasteiger partial charge on any atom is 0.319 e. The van der Waals surface area contributed by atoms with Crippen molar-refractivity contribution in [3.05, 3.63) is 41.5 Å². The first-order valence-corrected chi connectivity index (χ1v) is 21.2. The van der Waals surface area contributed by atoms with E-state index in [1.807, 2.05) is 4.90 Å². The number of anilines is 1. The first-order valence-electron chi connectivity index (χ1n) is 19.4. The van der Waals surface area contributed by atoms with Gasteiger partial charge in [0.05, 0.1) is 37.4 Å². The molecule has 4 aromatic rings. The van der Waals surface area contributed by atoms with E-state index in [9.17, 15) is 13.5 Å². The number of methoxy groups -OCH3 is 1. The number of aromatic hydroxyl groups is 1. The van der Waals surface area contributed by atoms with Gasteiger partial charge in [-0.2, -0.15) is 9.97 Å². The molecule has 0 radical (unpaired) electrons. The number of rotatable bonds is 7. The summed E-state index contributed by atoms with van der Waals surface area (Å²) in [5.74, 6) is 2.33. The molecular formula is C41H45F2N5O6S. The number of terminal acetylenes is 1. The number of piperidine rings is 1. The number of sulfone groups is 1. The van der Waals surface area contributed by atoms with Gasteiger partial charge in [0, 0.05) is 48.1 Å². The third-order valence-corrected chi connectivity index (χ3v) is 14.8. The molecule has 0 spiro atoms. The van der Waals surface area contributed by atoms with Gasteiger partial charge in [0.15, 0.2) is 15.7 Å². The van der Waals surface area contributed by atoms with E-state index in [2.05, 4.69) is 15.8 Å². The highest BCUT2D eigenvalue weighted by atomic mass is 32.2. The van der Waals surface area contributed by atoms with E-state index in [1.165, 1.54) is 31.4 Å². The fourth-order valence-corrected chi connectivity index (χ4v) is 12.9. The average molecular weight is 774 g/mol. The molecule has 1 unspecified atom stereocenters. The fourth-order valence-electron chi connectivity index (χ4n) is 10.6. The molecule has 5 aliphatic rings. The van der Waals surface area contributed by atoms with Crippen molar-refractivity contribution in [2.75, 3.05) is 63.0 Å². The van der Waals surface area contributed by atoms with Gasteiger partial charge in [-0.05, 0) is 86.9 Å². The summed E-state index contributed by atoms with van der Waals surface area (Å²) >= 11 is 0. The number of nitrogens with zero attached hydrogens (tertiary/aromatic N) is 5. The maximum absolute atomic E-state index is 17.3. The second-order valence-corrected chi connectivity index (χ2v) is 18.2. The van der Waals surface area contributed by atoms with Gasteiger partial charge in [-0.3, -0.25) is 4.90 Å². The summed E-state index contributed by atoms with van der Waals surface area (Å²) in [4.78, 5) is 18.9. The molecular weight excluding hydrogens is 729 g/mol. The van der Waals surface area contributed by atoms with Crippen LogP contribution < -0.4 is 14.4 Å². The second kappa shape index (κ2) is 14.0. The summed E-state index contributed by atoms with van der Waals surface area (Å²) in [6.07, 6.45) is 13.4. The van der Waals surface area contributed by atoms with Gasteiger partial charge < -0.3 is 24.2 Å². The molecule has 2 aromatic heterocycles. The standard InChI is InChI=1S/C41H45F2N5O6S/c1-3-29-31(42)9-8-24-19-28(49)20-30(33(24)29)36-35(43)37-34(39(44-36)52-2)38(47-12-6-15-53-16-14-47)46-40(45-37)54-23-41-10-4-7-32(41)48(13-5-11-41)27-17-25-21-55(50,51)22-26(25)18-27/h1,8-9,19-20,25-27,32,49H,4-7,10-18,21-23H2,2H3/t25-,26+,27?,32-,41-/m1/s1. The predicted octanol–water partition coefficient (Wildman–Crippen LogP) is 5.88. The lowest BCUT2D eigenvalue weighted by Crippen LogP contribution is -2.55. The molecule has 9 rings (SSSR count). The Labute approximate surface area is 319 Å². The predicted molar refractivity (Wildman–Crippen MR) is 204 cm³/mol. The lowest BCUT2D eigenvalue weighted by atomic mass is 9.75. The Hall–Kier alpha value is -4.32. The van der Waals surface area contributed by atoms with Crippen LogP contribution in [0.15, 0.2) is 24.3 Å². The molecule has 5 atom stereocenters. The highest BCUT2D eigenvalue weighted by Crippen LogP contribution is 2.52. The van der Waals surface area contributed by atoms with Crippen molar-refractivity contribution in [3.8, 4) is 41.2 Å². The normalized spacial score (nSPS) is 27.9. The molecule has 5 heterocycles. The number of likely N-dealkylation sites (tertiary alicyclic amines) is 1. The topological polar surface area (TPSA) is 127 Å². The molecule has 2 saturated carbocycles. The molecule has 2 aliphatic carbocycles. The van der Waals surface area contributed by atoms with Crippen molar-refractivity contribution in [1.82, 2.24) is 19.9 Å². The van der Waals surface area contributed by atoms with Gasteiger partial charge in [-0.25, -0.2) is 22.2 Å². The zero-order valence-corrected chi connectivity index (χ0v) is 31.7. The molecule has 55 heavy (non-hydrogen) atoms. The number of phenols is 1. The number of pyridine rings is 1. The molecule has 290 valence electrons. The van der Waals surface area contributed by atoms with Crippen LogP contribution in [0.25, 0.3) is 32.9 Å². The zero-order chi connectivity index (χ0) is 38.1. The van der Waals surface area contributed by atoms with Crippen LogP contribution in [0.3, 0.4) is 0 Å². The van der Waals surface area contributed by atoms with Crippen LogP contribution in [0.5, 0.6) is 17.6 Å². The van der Waals surface area contributed by atoms with Gasteiger partial charge in [0.1, 0.15) is 34.0 Å². The van der Waals surface area contributed by atoms with E-state index in [4.69, 9.17) is 30.6 Å². The van der Waals surface area contributed by atoms with E-state index < -0.39 is 21.5 Å². The van der Waals surface area contributed by atoms with Crippen molar-refractivity contribution >= 4 is 37.3 Å². The van der Waals surface area contributed by atoms with Crippen LogP contribution >= 0.6 is 0 Å². The van der Waals surface area contributed by atoms with Crippen molar-refractivity contribution in [3.63, 3.8) is 0 Å². The summed E-state index contributed by atoms with van der Waals surface area (Å²) in [6.45, 7) is 3.45. The smallest absolute Gasteiger partial charge is 0.319 e. The number of ether oxygens (including phenoxy) is 3. The van der Waals surface area contributed by atoms with Crippen LogP contribution in [-0.2, 0) is 14.6 Å². The third kappa shape index (κ3) is 6.32. The van der Waals surface area contributed by atoms with E-state index in [1.54, 1.807) is 0 Å². The lowest BCUT2D eigenvalue weighted by Gasteiger charge is -2.48. The number of halogens is 2. The molecule has 3 aliphatic heterocycles. The van der Waals surface area contributed by atoms with Crippen molar-refractivity contribution in [2.45, 2.75) is 63.5 Å². The molecule has 1 N–H and O–H groups in total. The highest BCUT2D eigenvalue weighted by Gasteiger charge is 2.53. The minimum atomic E-state index is -2.94. The van der Waals surface area contributed by atoms with E-state index in [0.717, 1.165) is 57.9 Å². The minimum absolute atomic E-state index is 0.0275. The van der Waals surface area contributed by atoms with E-state index >= 15 is 8.78 Å². The van der Waals surface area contributed by atoms with Gasteiger partial charge in [0.2, 0.25) is 5.88 Å². The van der Waals surface area contributed by atoms with E-state index in [-0.39, 0.29) is 68.0 Å². The average Bonchev–Trinajstić information content (AvgIpc) is 3.77. The molecule has 2 aromatic carbocycles. The number of phenolic OH excluding ortho intramolecular Hbond substituents is 1. The fraction of sp³-hybridized carbons (Fsp3) is 0.537. The first kappa shape index (κ1) is 36.3. The molecule has 0 bridgehead atoms. The van der Waals surface area contributed by atoms with Crippen LogP contribution in [0.2, 0.25) is 0 Å². The largest absolute Gasteiger partial charge is 0.508 e. The second-order valence-electron chi connectivity index (χ2n) is 16.1. The Morgan fingerprint density at radius 1 is 1.02 bits per heavy atom. The summed E-state index contributed by atoms with van der Waals surface area (Å²) < 4.78 is 75.2. The SMILES string of the molecule is C#Cc1c(F)ccc2cc(O)cc(-c3nc(OC)c4c(N5CCCOCC5)nc(OC[C@]56CCC[C@H]5N(C5C[C@@H]7CS(=O)(=O)C[C@@H]7C5)CCC6)nc4c3F)c12. The maximum atomic E-state index is 17.3. The number of hydrogen-bond donors (Lipinski definition) is 1. The first-order chi connectivity index (χ1) is 26.6. The minimum Gasteiger partial charge on any atom is -0.508 e. The number of hydrogen-bond acceptors (Lipinski definition) is 11. The van der Waals surface area contributed by atoms with Crippen molar-refractivity contribution in [2.24, 2.45) is 17.3 Å². The number of aromatic nitrogens is 3. The van der Waals surface area contributed by atoms with E-state index in [0.29, 0.717) is 67.7 Å². The lowest BCUT2D eigenvalue weighted by molar-refractivity contribution is -0.0223. The Morgan fingerprint density at radius 2 is 1.82 bits per heavy atom. The van der Waals surface area contributed by atoms with Crippen LogP contribution in [0.1, 0.15) is 56.9 Å². The van der Waals surface area contributed by atoms with Gasteiger partial charge in [-0.1, -0.05) is 18.4 Å². The van der Waals surface area contributed by atoms with Gasteiger partial charge >= 0.3 is 6.01 Å². The van der Waals surface area contributed by atoms with Crippen LogP contribution in [0, 0.1) is 41.2 Å². The molecule has 14 heteroatoms. The summed E-state index contributed by atoms with van der Waals surface area (Å²) in [5, 5.41) is 11.6. The number of benzene rings is 2. The molecule has 3 saturated heterocycles. The van der Waals surface area contributed by atoms with Gasteiger partial charge in [0.25, 0.3) is 0 Å². The number of fused-ring (bicyclic) bond motifs is 4. The molecule has 11 nitrogen and oxygen atoms in total. The summed E-state index contributed by atoms with van der Waals surface area (Å²) in [6, 6.07) is 6.13. The van der Waals surface area contributed by atoms with Crippen LogP contribution in [-0.4, -0.2) is 104 Å². The Bertz CT molecular complexity index is 2310. The van der Waals surface area contributed by atoms with Crippen LogP contribution in [0.4, 0.5) is 14.6 Å².